The van der Waals surface area contributed by atoms with Gasteiger partial charge in [-0.3, -0.25) is 4.79 Å². The molecule has 1 amide bonds. The molecule has 92 valence electrons. The number of rotatable bonds is 5. The molecule has 17 heavy (non-hydrogen) atoms. The molecule has 0 spiro atoms. The van der Waals surface area contributed by atoms with Crippen LogP contribution < -0.4 is 5.32 Å². The first kappa shape index (κ1) is 12.1. The van der Waals surface area contributed by atoms with E-state index < -0.39 is 6.10 Å². The van der Waals surface area contributed by atoms with Crippen LogP contribution >= 0.6 is 0 Å². The van der Waals surface area contributed by atoms with Gasteiger partial charge >= 0.3 is 0 Å². The van der Waals surface area contributed by atoms with Gasteiger partial charge in [0.25, 0.3) is 0 Å². The van der Waals surface area contributed by atoms with Gasteiger partial charge in [-0.15, -0.1) is 0 Å². The van der Waals surface area contributed by atoms with Gasteiger partial charge in [0.05, 0.1) is 25.9 Å². The van der Waals surface area contributed by atoms with E-state index >= 15 is 0 Å². The van der Waals surface area contributed by atoms with Crippen molar-refractivity contribution < 1.29 is 14.3 Å². The third kappa shape index (κ3) is 3.54. The standard InChI is InChI=1S/C13H17NO3/c1-10(13(15)14-12-8-16-9-12)17-7-11-5-3-2-4-6-11/h2-6,10,12H,7-9H2,1H3,(H,14,15). The molecule has 4 heteroatoms. The first-order valence-corrected chi connectivity index (χ1v) is 5.79. The Morgan fingerprint density at radius 1 is 1.47 bits per heavy atom. The fourth-order valence-electron chi connectivity index (χ4n) is 1.51. The maximum atomic E-state index is 11.7. The van der Waals surface area contributed by atoms with Crippen molar-refractivity contribution in [3.05, 3.63) is 35.9 Å². The Labute approximate surface area is 101 Å². The lowest BCUT2D eigenvalue weighted by Crippen LogP contribution is -2.51. The fraction of sp³-hybridized carbons (Fsp3) is 0.462. The van der Waals surface area contributed by atoms with Crippen molar-refractivity contribution in [1.82, 2.24) is 5.32 Å². The van der Waals surface area contributed by atoms with Crippen molar-refractivity contribution in [3.63, 3.8) is 0 Å². The number of nitrogens with one attached hydrogen (secondary N) is 1. The molecule has 1 unspecified atom stereocenters. The van der Waals surface area contributed by atoms with Crippen LogP contribution in [0.25, 0.3) is 0 Å². The van der Waals surface area contributed by atoms with Gasteiger partial charge in [0, 0.05) is 0 Å². The fourth-order valence-corrected chi connectivity index (χ4v) is 1.51. The molecule has 1 aliphatic heterocycles. The minimum Gasteiger partial charge on any atom is -0.377 e. The molecule has 1 aromatic rings. The van der Waals surface area contributed by atoms with Gasteiger partial charge in [-0.25, -0.2) is 0 Å². The number of hydrogen-bond acceptors (Lipinski definition) is 3. The average Bonchev–Trinajstić information content (AvgIpc) is 2.32. The van der Waals surface area contributed by atoms with Crippen molar-refractivity contribution in [2.24, 2.45) is 0 Å². The Bertz CT molecular complexity index is 362. The summed E-state index contributed by atoms with van der Waals surface area (Å²) in [5.41, 5.74) is 1.07. The summed E-state index contributed by atoms with van der Waals surface area (Å²) in [5, 5.41) is 2.86. The first-order valence-electron chi connectivity index (χ1n) is 5.79. The van der Waals surface area contributed by atoms with E-state index in [2.05, 4.69) is 5.32 Å². The molecule has 1 saturated heterocycles. The van der Waals surface area contributed by atoms with Gasteiger partial charge in [0.2, 0.25) is 5.91 Å². The van der Waals surface area contributed by atoms with Gasteiger partial charge in [0.15, 0.2) is 0 Å². The predicted octanol–water partition coefficient (Wildman–Crippen LogP) is 1.11. The number of ether oxygens (including phenoxy) is 2. The van der Waals surface area contributed by atoms with E-state index in [9.17, 15) is 4.79 Å². The van der Waals surface area contributed by atoms with Gasteiger partial charge in [0.1, 0.15) is 6.10 Å². The minimum absolute atomic E-state index is 0.0748. The number of benzene rings is 1. The minimum atomic E-state index is -0.434. The molecular weight excluding hydrogens is 218 g/mol. The SMILES string of the molecule is CC(OCc1ccccc1)C(=O)NC1COC1. The summed E-state index contributed by atoms with van der Waals surface area (Å²) < 4.78 is 10.5. The van der Waals surface area contributed by atoms with E-state index in [1.165, 1.54) is 0 Å². The number of carbonyl (C=O) groups excluding carboxylic acids is 1. The molecule has 1 atom stereocenters. The third-order valence-electron chi connectivity index (χ3n) is 2.70. The van der Waals surface area contributed by atoms with E-state index in [4.69, 9.17) is 9.47 Å². The van der Waals surface area contributed by atoms with Crippen LogP contribution in [0.2, 0.25) is 0 Å². The molecule has 0 aromatic heterocycles. The molecule has 0 radical (unpaired) electrons. The smallest absolute Gasteiger partial charge is 0.249 e. The Balaban J connectivity index is 1.72. The maximum absolute atomic E-state index is 11.7. The zero-order chi connectivity index (χ0) is 12.1. The molecule has 0 saturated carbocycles. The molecular formula is C13H17NO3. The average molecular weight is 235 g/mol. The number of hydrogen-bond donors (Lipinski definition) is 1. The van der Waals surface area contributed by atoms with E-state index in [-0.39, 0.29) is 11.9 Å². The van der Waals surface area contributed by atoms with Crippen LogP contribution in [-0.4, -0.2) is 31.3 Å². The Hall–Kier alpha value is -1.39. The molecule has 4 nitrogen and oxygen atoms in total. The molecule has 1 N–H and O–H groups in total. The zero-order valence-electron chi connectivity index (χ0n) is 9.89. The van der Waals surface area contributed by atoms with Crippen LogP contribution in [0.3, 0.4) is 0 Å². The normalized spacial score (nSPS) is 17.2. The van der Waals surface area contributed by atoms with Gasteiger partial charge < -0.3 is 14.8 Å². The quantitative estimate of drug-likeness (QED) is 0.831. The summed E-state index contributed by atoms with van der Waals surface area (Å²) >= 11 is 0. The Kier molecular flexibility index (Phi) is 4.12. The zero-order valence-corrected chi connectivity index (χ0v) is 9.89. The van der Waals surface area contributed by atoms with Crippen LogP contribution in [0.1, 0.15) is 12.5 Å². The lowest BCUT2D eigenvalue weighted by Gasteiger charge is -2.28. The van der Waals surface area contributed by atoms with E-state index in [0.717, 1.165) is 5.56 Å². The molecule has 1 fully saturated rings. The second kappa shape index (κ2) is 5.80. The van der Waals surface area contributed by atoms with Gasteiger partial charge in [-0.05, 0) is 12.5 Å². The lowest BCUT2D eigenvalue weighted by atomic mass is 10.2. The van der Waals surface area contributed by atoms with E-state index in [0.29, 0.717) is 19.8 Å². The van der Waals surface area contributed by atoms with Crippen LogP contribution in [0.4, 0.5) is 0 Å². The highest BCUT2D eigenvalue weighted by Crippen LogP contribution is 2.05. The first-order chi connectivity index (χ1) is 8.25. The van der Waals surface area contributed by atoms with Gasteiger partial charge in [-0.2, -0.15) is 0 Å². The van der Waals surface area contributed by atoms with Crippen molar-refractivity contribution in [3.8, 4) is 0 Å². The largest absolute Gasteiger partial charge is 0.377 e. The van der Waals surface area contributed by atoms with Crippen LogP contribution in [0, 0.1) is 0 Å². The second-order valence-corrected chi connectivity index (χ2v) is 4.18. The summed E-state index contributed by atoms with van der Waals surface area (Å²) in [4.78, 5) is 11.7. The summed E-state index contributed by atoms with van der Waals surface area (Å²) in [7, 11) is 0. The second-order valence-electron chi connectivity index (χ2n) is 4.18. The summed E-state index contributed by atoms with van der Waals surface area (Å²) in [6, 6.07) is 9.97. The van der Waals surface area contributed by atoms with Crippen LogP contribution in [0.15, 0.2) is 30.3 Å². The molecule has 1 aliphatic rings. The predicted molar refractivity (Wildman–Crippen MR) is 63.4 cm³/mol. The summed E-state index contributed by atoms with van der Waals surface area (Å²) in [6.45, 7) is 3.43. The third-order valence-corrected chi connectivity index (χ3v) is 2.70. The van der Waals surface area contributed by atoms with Gasteiger partial charge in [-0.1, -0.05) is 30.3 Å². The lowest BCUT2D eigenvalue weighted by molar-refractivity contribution is -0.136. The summed E-state index contributed by atoms with van der Waals surface area (Å²) in [6.07, 6.45) is -0.434. The Morgan fingerprint density at radius 3 is 2.76 bits per heavy atom. The molecule has 0 bridgehead atoms. The topological polar surface area (TPSA) is 47.6 Å². The van der Waals surface area contributed by atoms with Crippen molar-refractivity contribution in [2.45, 2.75) is 25.7 Å². The maximum Gasteiger partial charge on any atom is 0.249 e. The molecule has 1 heterocycles. The highest BCUT2D eigenvalue weighted by Gasteiger charge is 2.23. The monoisotopic (exact) mass is 235 g/mol. The van der Waals surface area contributed by atoms with Crippen molar-refractivity contribution in [2.75, 3.05) is 13.2 Å². The summed E-state index contributed by atoms with van der Waals surface area (Å²) in [5.74, 6) is -0.0748. The molecule has 2 rings (SSSR count). The van der Waals surface area contributed by atoms with Crippen molar-refractivity contribution >= 4 is 5.91 Å². The number of carbonyl (C=O) groups is 1. The highest BCUT2D eigenvalue weighted by atomic mass is 16.5. The van der Waals surface area contributed by atoms with Crippen LogP contribution in [0.5, 0.6) is 0 Å². The number of amides is 1. The highest BCUT2D eigenvalue weighted by molar-refractivity contribution is 5.80. The Morgan fingerprint density at radius 2 is 2.18 bits per heavy atom. The molecule has 0 aliphatic carbocycles. The van der Waals surface area contributed by atoms with Crippen LogP contribution in [-0.2, 0) is 20.9 Å². The van der Waals surface area contributed by atoms with Crippen molar-refractivity contribution in [1.29, 1.82) is 0 Å². The molecule has 1 aromatic carbocycles. The van der Waals surface area contributed by atoms with E-state index in [1.54, 1.807) is 6.92 Å². The van der Waals surface area contributed by atoms with E-state index in [1.807, 2.05) is 30.3 Å².